The number of aromatic nitrogens is 2. The molecule has 0 atom stereocenters. The summed E-state index contributed by atoms with van der Waals surface area (Å²) < 4.78 is 4.00. The van der Waals surface area contributed by atoms with E-state index in [2.05, 4.69) is 75.3 Å². The summed E-state index contributed by atoms with van der Waals surface area (Å²) in [7, 11) is 1.97. The van der Waals surface area contributed by atoms with Crippen LogP contribution in [-0.4, -0.2) is 9.78 Å². The van der Waals surface area contributed by atoms with Gasteiger partial charge in [0.25, 0.3) is 0 Å². The summed E-state index contributed by atoms with van der Waals surface area (Å²) in [5.74, 6) is 0. The van der Waals surface area contributed by atoms with Crippen LogP contribution in [0.5, 0.6) is 0 Å². The molecule has 0 radical (unpaired) electrons. The van der Waals surface area contributed by atoms with Crippen molar-refractivity contribution in [2.45, 2.75) is 32.7 Å². The maximum atomic E-state index is 4.59. The Morgan fingerprint density at radius 1 is 1.25 bits per heavy atom. The Kier molecular flexibility index (Phi) is 4.59. The quantitative estimate of drug-likeness (QED) is 0.797. The Bertz CT molecular complexity index is 612. The van der Waals surface area contributed by atoms with Crippen LogP contribution in [0.3, 0.4) is 0 Å². The van der Waals surface area contributed by atoms with E-state index in [0.717, 1.165) is 26.9 Å². The molecule has 0 aliphatic carbocycles. The number of aryl methyl sites for hydroxylation is 1. The van der Waals surface area contributed by atoms with E-state index >= 15 is 0 Å². The number of hydrogen-bond donors (Lipinski definition) is 1. The fourth-order valence-electron chi connectivity index (χ4n) is 2.12. The number of halogens is 2. The minimum atomic E-state index is 0.0484. The van der Waals surface area contributed by atoms with Crippen molar-refractivity contribution in [3.05, 3.63) is 44.6 Å². The molecular formula is C15H19Br2N3. The highest BCUT2D eigenvalue weighted by Gasteiger charge is 2.21. The van der Waals surface area contributed by atoms with E-state index in [1.807, 2.05) is 23.9 Å². The third-order valence-electron chi connectivity index (χ3n) is 3.01. The molecule has 20 heavy (non-hydrogen) atoms. The molecule has 108 valence electrons. The minimum absolute atomic E-state index is 0.0484. The zero-order valence-electron chi connectivity index (χ0n) is 12.2. The van der Waals surface area contributed by atoms with E-state index in [4.69, 9.17) is 0 Å². The van der Waals surface area contributed by atoms with Crippen LogP contribution in [0.15, 0.2) is 33.3 Å². The highest BCUT2D eigenvalue weighted by Crippen LogP contribution is 2.28. The van der Waals surface area contributed by atoms with Crippen molar-refractivity contribution < 1.29 is 0 Å². The average molecular weight is 401 g/mol. The third kappa shape index (κ3) is 3.64. The number of hydrogen-bond acceptors (Lipinski definition) is 2. The van der Waals surface area contributed by atoms with Crippen LogP contribution in [0, 0.1) is 0 Å². The van der Waals surface area contributed by atoms with Gasteiger partial charge in [-0.3, -0.25) is 4.68 Å². The van der Waals surface area contributed by atoms with Crippen molar-refractivity contribution in [3.8, 4) is 0 Å². The maximum Gasteiger partial charge on any atom is 0.0727 e. The van der Waals surface area contributed by atoms with Gasteiger partial charge in [-0.15, -0.1) is 0 Å². The summed E-state index contributed by atoms with van der Waals surface area (Å²) in [5, 5.41) is 8.06. The minimum Gasteiger partial charge on any atom is -0.380 e. The van der Waals surface area contributed by atoms with Crippen LogP contribution in [0.1, 0.15) is 32.0 Å². The summed E-state index contributed by atoms with van der Waals surface area (Å²) in [6.45, 7) is 7.32. The molecule has 0 bridgehead atoms. The first kappa shape index (κ1) is 15.6. The molecular weight excluding hydrogens is 382 g/mol. The van der Waals surface area contributed by atoms with E-state index in [-0.39, 0.29) is 5.41 Å². The van der Waals surface area contributed by atoms with Crippen molar-refractivity contribution in [2.75, 3.05) is 5.32 Å². The zero-order valence-corrected chi connectivity index (χ0v) is 15.3. The highest BCUT2D eigenvalue weighted by molar-refractivity contribution is 9.11. The fourth-order valence-corrected chi connectivity index (χ4v) is 2.87. The molecule has 0 aliphatic heterocycles. The van der Waals surface area contributed by atoms with Gasteiger partial charge >= 0.3 is 0 Å². The fraction of sp³-hybridized carbons (Fsp3) is 0.400. The Balaban J connectivity index is 2.21. The Morgan fingerprint density at radius 2 is 1.95 bits per heavy atom. The van der Waals surface area contributed by atoms with Crippen molar-refractivity contribution >= 4 is 37.5 Å². The first-order chi connectivity index (χ1) is 9.27. The molecule has 5 heteroatoms. The lowest BCUT2D eigenvalue weighted by molar-refractivity contribution is 0.549. The van der Waals surface area contributed by atoms with E-state index in [9.17, 15) is 0 Å². The SMILES string of the molecule is Cn1cc(CNc2cc(Br)ccc2Br)c(C(C)(C)C)n1. The second-order valence-electron chi connectivity index (χ2n) is 5.90. The monoisotopic (exact) mass is 399 g/mol. The Labute approximate surface area is 137 Å². The van der Waals surface area contributed by atoms with Crippen LogP contribution in [0.25, 0.3) is 0 Å². The van der Waals surface area contributed by atoms with Gasteiger partial charge in [-0.1, -0.05) is 36.7 Å². The predicted molar refractivity (Wildman–Crippen MR) is 91.1 cm³/mol. The first-order valence-corrected chi connectivity index (χ1v) is 8.08. The first-order valence-electron chi connectivity index (χ1n) is 6.49. The van der Waals surface area contributed by atoms with E-state index in [1.165, 1.54) is 5.56 Å². The number of benzene rings is 1. The molecule has 2 aromatic rings. The molecule has 0 fully saturated rings. The predicted octanol–water partition coefficient (Wildman–Crippen LogP) is 4.85. The third-order valence-corrected chi connectivity index (χ3v) is 4.20. The number of nitrogens with one attached hydrogen (secondary N) is 1. The summed E-state index contributed by atoms with van der Waals surface area (Å²) in [5.41, 5.74) is 3.49. The van der Waals surface area contributed by atoms with Gasteiger partial charge in [-0.05, 0) is 34.1 Å². The zero-order chi connectivity index (χ0) is 14.9. The molecule has 0 saturated heterocycles. The smallest absolute Gasteiger partial charge is 0.0727 e. The van der Waals surface area contributed by atoms with E-state index in [0.29, 0.717) is 0 Å². The molecule has 1 heterocycles. The summed E-state index contributed by atoms with van der Waals surface area (Å²) in [4.78, 5) is 0. The highest BCUT2D eigenvalue weighted by atomic mass is 79.9. The molecule has 0 aliphatic rings. The molecule has 1 aromatic heterocycles. The van der Waals surface area contributed by atoms with Gasteiger partial charge in [0, 0.05) is 45.4 Å². The molecule has 1 N–H and O–H groups in total. The normalized spacial score (nSPS) is 11.7. The second kappa shape index (κ2) is 5.90. The summed E-state index contributed by atoms with van der Waals surface area (Å²) in [6.07, 6.45) is 2.08. The number of nitrogens with zero attached hydrogens (tertiary/aromatic N) is 2. The second-order valence-corrected chi connectivity index (χ2v) is 7.67. The van der Waals surface area contributed by atoms with Crippen molar-refractivity contribution in [1.29, 1.82) is 0 Å². The number of anilines is 1. The number of rotatable bonds is 3. The van der Waals surface area contributed by atoms with Gasteiger partial charge in [-0.25, -0.2) is 0 Å². The molecule has 1 aromatic carbocycles. The molecule has 0 spiro atoms. The van der Waals surface area contributed by atoms with Crippen LogP contribution in [-0.2, 0) is 19.0 Å². The molecule has 2 rings (SSSR count). The van der Waals surface area contributed by atoms with Crippen molar-refractivity contribution in [2.24, 2.45) is 7.05 Å². The van der Waals surface area contributed by atoms with Crippen LogP contribution < -0.4 is 5.32 Å². The van der Waals surface area contributed by atoms with E-state index in [1.54, 1.807) is 0 Å². The molecule has 0 saturated carbocycles. The van der Waals surface area contributed by atoms with Gasteiger partial charge in [0.15, 0.2) is 0 Å². The maximum absolute atomic E-state index is 4.59. The van der Waals surface area contributed by atoms with Crippen molar-refractivity contribution in [3.63, 3.8) is 0 Å². The lowest BCUT2D eigenvalue weighted by Gasteiger charge is -2.18. The van der Waals surface area contributed by atoms with Crippen LogP contribution in [0.4, 0.5) is 5.69 Å². The summed E-state index contributed by atoms with van der Waals surface area (Å²) >= 11 is 7.06. The Morgan fingerprint density at radius 3 is 2.60 bits per heavy atom. The standard InChI is InChI=1S/C15H19Br2N3/c1-15(2,3)14-10(9-20(4)19-14)8-18-13-7-11(16)5-6-12(13)17/h5-7,9,18H,8H2,1-4H3. The van der Waals surface area contributed by atoms with E-state index < -0.39 is 0 Å². The van der Waals surface area contributed by atoms with Crippen LogP contribution >= 0.6 is 31.9 Å². The average Bonchev–Trinajstić information content (AvgIpc) is 2.72. The largest absolute Gasteiger partial charge is 0.380 e. The molecule has 0 unspecified atom stereocenters. The van der Waals surface area contributed by atoms with Gasteiger partial charge in [0.05, 0.1) is 5.69 Å². The Hall–Kier alpha value is -0.810. The van der Waals surface area contributed by atoms with Gasteiger partial charge in [0.1, 0.15) is 0 Å². The van der Waals surface area contributed by atoms with Gasteiger partial charge < -0.3 is 5.32 Å². The lowest BCUT2D eigenvalue weighted by Crippen LogP contribution is -2.16. The summed E-state index contributed by atoms with van der Waals surface area (Å²) in [6, 6.07) is 6.11. The molecule has 3 nitrogen and oxygen atoms in total. The van der Waals surface area contributed by atoms with Gasteiger partial charge in [-0.2, -0.15) is 5.10 Å². The topological polar surface area (TPSA) is 29.9 Å². The van der Waals surface area contributed by atoms with Crippen LogP contribution in [0.2, 0.25) is 0 Å². The lowest BCUT2D eigenvalue weighted by atomic mass is 9.89. The van der Waals surface area contributed by atoms with Gasteiger partial charge in [0.2, 0.25) is 0 Å². The van der Waals surface area contributed by atoms with Crippen molar-refractivity contribution in [1.82, 2.24) is 9.78 Å². The molecule has 0 amide bonds.